The number of rotatable bonds is 13. The van der Waals surface area contributed by atoms with Gasteiger partial charge in [-0.25, -0.2) is 0 Å². The molecule has 0 rings (SSSR count). The van der Waals surface area contributed by atoms with E-state index in [-0.39, 0.29) is 33.0 Å². The molecule has 3 N–H and O–H groups in total. The molecule has 110 valence electrons. The lowest BCUT2D eigenvalue weighted by atomic mass is 10.0. The summed E-state index contributed by atoms with van der Waals surface area (Å²) in [6.45, 7) is 3.55. The maximum absolute atomic E-state index is 8.76. The molecule has 6 heteroatoms. The second-order valence-electron chi connectivity index (χ2n) is 4.01. The van der Waals surface area contributed by atoms with Crippen LogP contribution in [0.25, 0.3) is 0 Å². The molecule has 0 aromatic rings. The summed E-state index contributed by atoms with van der Waals surface area (Å²) in [5.41, 5.74) is -0.584. The minimum Gasteiger partial charge on any atom is -0.396 e. The zero-order valence-corrected chi connectivity index (χ0v) is 11.1. The van der Waals surface area contributed by atoms with E-state index in [2.05, 4.69) is 0 Å². The molecule has 0 saturated carbocycles. The largest absolute Gasteiger partial charge is 0.396 e. The number of aliphatic hydroxyl groups excluding tert-OH is 3. The van der Waals surface area contributed by atoms with Gasteiger partial charge in [0.25, 0.3) is 0 Å². The molecule has 0 aromatic heterocycles. The Balaban J connectivity index is 4.20. The molecule has 0 spiro atoms. The van der Waals surface area contributed by atoms with Gasteiger partial charge in [-0.2, -0.15) is 0 Å². The van der Waals surface area contributed by atoms with E-state index in [1.54, 1.807) is 0 Å². The molecule has 0 fully saturated rings. The Hall–Kier alpha value is -0.240. The lowest BCUT2D eigenvalue weighted by molar-refractivity contribution is -0.143. The third kappa shape index (κ3) is 7.97. The van der Waals surface area contributed by atoms with Crippen LogP contribution < -0.4 is 0 Å². The molecule has 0 heterocycles. The molecule has 0 aromatic carbocycles. The highest BCUT2D eigenvalue weighted by molar-refractivity contribution is 4.79. The quantitative estimate of drug-likeness (QED) is 0.391. The first-order valence-corrected chi connectivity index (χ1v) is 6.36. The van der Waals surface area contributed by atoms with Gasteiger partial charge in [-0.05, 0) is 12.8 Å². The van der Waals surface area contributed by atoms with Crippen LogP contribution in [0.5, 0.6) is 0 Å². The monoisotopic (exact) mass is 266 g/mol. The Morgan fingerprint density at radius 3 is 1.78 bits per heavy atom. The van der Waals surface area contributed by atoms with Crippen molar-refractivity contribution in [3.8, 4) is 0 Å². The van der Waals surface area contributed by atoms with Gasteiger partial charge in [-0.15, -0.1) is 0 Å². The summed E-state index contributed by atoms with van der Waals surface area (Å²) in [6, 6.07) is 0. The molecular formula is C12H26O6. The predicted molar refractivity (Wildman–Crippen MR) is 66.5 cm³/mol. The van der Waals surface area contributed by atoms with Gasteiger partial charge in [-0.3, -0.25) is 0 Å². The van der Waals surface area contributed by atoms with Crippen molar-refractivity contribution in [1.82, 2.24) is 0 Å². The van der Waals surface area contributed by atoms with Gasteiger partial charge < -0.3 is 29.5 Å². The normalized spacial score (nSPS) is 12.0. The summed E-state index contributed by atoms with van der Waals surface area (Å²) in [4.78, 5) is 0. The van der Waals surface area contributed by atoms with Crippen LogP contribution in [0.15, 0.2) is 0 Å². The van der Waals surface area contributed by atoms with Crippen molar-refractivity contribution in [2.45, 2.75) is 25.4 Å². The number of ether oxygens (including phenoxy) is 3. The first-order valence-electron chi connectivity index (χ1n) is 6.36. The van der Waals surface area contributed by atoms with E-state index in [9.17, 15) is 0 Å². The van der Waals surface area contributed by atoms with Crippen molar-refractivity contribution in [2.75, 3.05) is 52.9 Å². The van der Waals surface area contributed by atoms with Crippen molar-refractivity contribution in [2.24, 2.45) is 0 Å². The molecule has 18 heavy (non-hydrogen) atoms. The van der Waals surface area contributed by atoms with E-state index in [1.165, 1.54) is 0 Å². The van der Waals surface area contributed by atoms with E-state index in [0.717, 1.165) is 0 Å². The smallest absolute Gasteiger partial charge is 0.114 e. The van der Waals surface area contributed by atoms with E-state index < -0.39 is 5.60 Å². The third-order valence-electron chi connectivity index (χ3n) is 2.56. The lowest BCUT2D eigenvalue weighted by Gasteiger charge is -2.32. The summed E-state index contributed by atoms with van der Waals surface area (Å²) in [7, 11) is 0. The Morgan fingerprint density at radius 1 is 0.833 bits per heavy atom. The minimum atomic E-state index is -0.584. The molecular weight excluding hydrogens is 240 g/mol. The van der Waals surface area contributed by atoms with Gasteiger partial charge in [0.15, 0.2) is 0 Å². The SMILES string of the molecule is CCC(COCCO)(COCCO)OCCCO. The van der Waals surface area contributed by atoms with Gasteiger partial charge in [0.2, 0.25) is 0 Å². The molecule has 0 atom stereocenters. The number of aliphatic hydroxyl groups is 3. The average molecular weight is 266 g/mol. The van der Waals surface area contributed by atoms with E-state index in [0.29, 0.717) is 32.7 Å². The fourth-order valence-electron chi connectivity index (χ4n) is 1.43. The van der Waals surface area contributed by atoms with Crippen molar-refractivity contribution in [1.29, 1.82) is 0 Å². The van der Waals surface area contributed by atoms with Crippen molar-refractivity contribution >= 4 is 0 Å². The molecule has 0 aliphatic heterocycles. The second-order valence-corrected chi connectivity index (χ2v) is 4.01. The van der Waals surface area contributed by atoms with Crippen LogP contribution in [0.3, 0.4) is 0 Å². The molecule has 0 aliphatic carbocycles. The van der Waals surface area contributed by atoms with Crippen LogP contribution >= 0.6 is 0 Å². The highest BCUT2D eigenvalue weighted by Crippen LogP contribution is 2.18. The predicted octanol–water partition coefficient (Wildman–Crippen LogP) is -0.448. The lowest BCUT2D eigenvalue weighted by Crippen LogP contribution is -2.43. The third-order valence-corrected chi connectivity index (χ3v) is 2.56. The molecule has 0 aliphatic rings. The van der Waals surface area contributed by atoms with Crippen LogP contribution in [0, 0.1) is 0 Å². The molecule has 0 unspecified atom stereocenters. The Morgan fingerprint density at radius 2 is 1.39 bits per heavy atom. The van der Waals surface area contributed by atoms with Gasteiger partial charge in [0, 0.05) is 13.2 Å². The first-order chi connectivity index (χ1) is 8.74. The molecule has 6 nitrogen and oxygen atoms in total. The molecule has 0 radical (unpaired) electrons. The van der Waals surface area contributed by atoms with Gasteiger partial charge in [0.1, 0.15) is 5.60 Å². The minimum absolute atomic E-state index is 0.0338. The summed E-state index contributed by atoms with van der Waals surface area (Å²) in [5, 5.41) is 26.2. The highest BCUT2D eigenvalue weighted by Gasteiger charge is 2.30. The van der Waals surface area contributed by atoms with Crippen LogP contribution in [0.4, 0.5) is 0 Å². The van der Waals surface area contributed by atoms with E-state index in [4.69, 9.17) is 29.5 Å². The zero-order valence-electron chi connectivity index (χ0n) is 11.1. The highest BCUT2D eigenvalue weighted by atomic mass is 16.6. The Kier molecular flexibility index (Phi) is 11.7. The standard InChI is InChI=1S/C12H26O6/c1-2-12(10-16-8-5-14,11-17-9-6-15)18-7-3-4-13/h13-15H,2-11H2,1H3. The summed E-state index contributed by atoms with van der Waals surface area (Å²) in [6.07, 6.45) is 1.25. The van der Waals surface area contributed by atoms with E-state index in [1.807, 2.05) is 6.92 Å². The van der Waals surface area contributed by atoms with Gasteiger partial charge in [-0.1, -0.05) is 6.92 Å². The second kappa shape index (κ2) is 11.8. The molecule has 0 saturated heterocycles. The fourth-order valence-corrected chi connectivity index (χ4v) is 1.43. The number of hydrogen-bond acceptors (Lipinski definition) is 6. The fraction of sp³-hybridized carbons (Fsp3) is 1.00. The van der Waals surface area contributed by atoms with Crippen LogP contribution in [-0.4, -0.2) is 73.8 Å². The average Bonchev–Trinajstić information content (AvgIpc) is 2.39. The van der Waals surface area contributed by atoms with Crippen molar-refractivity contribution in [3.05, 3.63) is 0 Å². The summed E-state index contributed by atoms with van der Waals surface area (Å²) in [5.74, 6) is 0. The maximum Gasteiger partial charge on any atom is 0.114 e. The summed E-state index contributed by atoms with van der Waals surface area (Å²) < 4.78 is 16.4. The topological polar surface area (TPSA) is 88.4 Å². The van der Waals surface area contributed by atoms with Crippen LogP contribution in [0.1, 0.15) is 19.8 Å². The Labute approximate surface area is 108 Å². The van der Waals surface area contributed by atoms with Gasteiger partial charge in [0.05, 0.1) is 39.6 Å². The maximum atomic E-state index is 8.76. The zero-order chi connectivity index (χ0) is 13.7. The van der Waals surface area contributed by atoms with Crippen molar-refractivity contribution in [3.63, 3.8) is 0 Å². The van der Waals surface area contributed by atoms with Crippen LogP contribution in [-0.2, 0) is 14.2 Å². The summed E-state index contributed by atoms with van der Waals surface area (Å²) >= 11 is 0. The number of hydrogen-bond donors (Lipinski definition) is 3. The van der Waals surface area contributed by atoms with E-state index >= 15 is 0 Å². The first kappa shape index (κ1) is 17.8. The van der Waals surface area contributed by atoms with Crippen LogP contribution in [0.2, 0.25) is 0 Å². The van der Waals surface area contributed by atoms with Gasteiger partial charge >= 0.3 is 0 Å². The van der Waals surface area contributed by atoms with Crippen molar-refractivity contribution < 1.29 is 29.5 Å². The molecule has 0 amide bonds. The molecule has 0 bridgehead atoms. The Bertz CT molecular complexity index is 149.